The minimum absolute atomic E-state index is 0.163. The van der Waals surface area contributed by atoms with Crippen molar-refractivity contribution in [3.63, 3.8) is 0 Å². The summed E-state index contributed by atoms with van der Waals surface area (Å²) in [6, 6.07) is -0.320. The van der Waals surface area contributed by atoms with Gasteiger partial charge in [-0.05, 0) is 6.92 Å². The maximum atomic E-state index is 11.7. The number of nitrogens with zero attached hydrogens (tertiary/aromatic N) is 5. The van der Waals surface area contributed by atoms with Gasteiger partial charge in [-0.3, -0.25) is 14.0 Å². The summed E-state index contributed by atoms with van der Waals surface area (Å²) in [5.74, 6) is 1.36. The summed E-state index contributed by atoms with van der Waals surface area (Å²) in [5, 5.41) is 16.8. The first-order chi connectivity index (χ1) is 11.6. The first kappa shape index (κ1) is 14.1. The molecule has 4 rings (SSSR count). The minimum Gasteiger partial charge on any atom is -0.359 e. The van der Waals surface area contributed by atoms with Crippen LogP contribution in [0.15, 0.2) is 23.5 Å². The quantitative estimate of drug-likeness (QED) is 0.515. The Hall–Kier alpha value is -3.50. The van der Waals surface area contributed by atoms with Gasteiger partial charge in [0.15, 0.2) is 17.5 Å². The smallest absolute Gasteiger partial charge is 0.293 e. The van der Waals surface area contributed by atoms with Crippen LogP contribution in [0.25, 0.3) is 5.65 Å². The van der Waals surface area contributed by atoms with Crippen molar-refractivity contribution < 1.29 is 4.79 Å². The normalized spacial score (nSPS) is 14.6. The van der Waals surface area contributed by atoms with Crippen LogP contribution in [0, 0.1) is 0 Å². The van der Waals surface area contributed by atoms with Crippen LogP contribution in [-0.2, 0) is 4.79 Å². The highest BCUT2D eigenvalue weighted by molar-refractivity contribution is 6.02. The number of carbonyl (C=O) groups is 1. The molecule has 1 atom stereocenters. The molecule has 0 saturated heterocycles. The lowest BCUT2D eigenvalue weighted by atomic mass is 10.2. The molecule has 0 fully saturated rings. The maximum Gasteiger partial charge on any atom is 0.293 e. The number of hydrogen-bond donors (Lipinski definition) is 4. The third-order valence-electron chi connectivity index (χ3n) is 3.63. The van der Waals surface area contributed by atoms with E-state index in [2.05, 4.69) is 41.1 Å². The van der Waals surface area contributed by atoms with Crippen LogP contribution in [0.4, 0.5) is 17.3 Å². The van der Waals surface area contributed by atoms with E-state index < -0.39 is 0 Å². The Kier molecular flexibility index (Phi) is 3.11. The number of carbonyl (C=O) groups excluding carboxylic acids is 1. The van der Waals surface area contributed by atoms with Crippen LogP contribution in [0.2, 0.25) is 0 Å². The molecule has 3 aromatic heterocycles. The molecule has 11 nitrogen and oxygen atoms in total. The molecule has 0 aromatic carbocycles. The molecule has 1 amide bonds. The second-order valence-corrected chi connectivity index (χ2v) is 5.25. The van der Waals surface area contributed by atoms with Crippen molar-refractivity contribution in [3.05, 3.63) is 34.9 Å². The van der Waals surface area contributed by atoms with Crippen LogP contribution in [0.3, 0.4) is 0 Å². The van der Waals surface area contributed by atoms with Gasteiger partial charge in [-0.2, -0.15) is 0 Å². The number of aromatic amines is 1. The van der Waals surface area contributed by atoms with Gasteiger partial charge in [0.1, 0.15) is 12.0 Å². The van der Waals surface area contributed by atoms with E-state index in [4.69, 9.17) is 0 Å². The third kappa shape index (κ3) is 2.22. The molecule has 1 aliphatic rings. The molecule has 11 heteroatoms. The van der Waals surface area contributed by atoms with Crippen LogP contribution >= 0.6 is 0 Å². The fraction of sp³-hybridized carbons (Fsp3) is 0.231. The zero-order valence-corrected chi connectivity index (χ0v) is 12.6. The number of nitrogens with one attached hydrogen (secondary N) is 4. The Morgan fingerprint density at radius 3 is 3.04 bits per heavy atom. The van der Waals surface area contributed by atoms with E-state index in [9.17, 15) is 9.59 Å². The molecular weight excluding hydrogens is 314 g/mol. The lowest BCUT2D eigenvalue weighted by molar-refractivity contribution is -0.114. The van der Waals surface area contributed by atoms with Crippen molar-refractivity contribution in [1.29, 1.82) is 0 Å². The first-order valence-electron chi connectivity index (χ1n) is 7.21. The van der Waals surface area contributed by atoms with Gasteiger partial charge in [0.25, 0.3) is 5.56 Å². The van der Waals surface area contributed by atoms with Gasteiger partial charge in [0, 0.05) is 12.4 Å². The Morgan fingerprint density at radius 2 is 2.17 bits per heavy atom. The highest BCUT2D eigenvalue weighted by Crippen LogP contribution is 2.30. The van der Waals surface area contributed by atoms with E-state index >= 15 is 0 Å². The number of rotatable bonds is 3. The number of aromatic nitrogens is 6. The first-order valence-corrected chi connectivity index (χ1v) is 7.21. The number of fused-ring (bicyclic) bond motifs is 2. The molecule has 1 unspecified atom stereocenters. The average Bonchev–Trinajstić information content (AvgIpc) is 3.01. The average molecular weight is 327 g/mol. The monoisotopic (exact) mass is 327 g/mol. The van der Waals surface area contributed by atoms with E-state index in [-0.39, 0.29) is 29.7 Å². The second kappa shape index (κ2) is 5.30. The number of anilines is 3. The summed E-state index contributed by atoms with van der Waals surface area (Å²) < 4.78 is 1.60. The van der Waals surface area contributed by atoms with Crippen LogP contribution < -0.4 is 21.5 Å². The van der Waals surface area contributed by atoms with Gasteiger partial charge in [-0.25, -0.2) is 9.97 Å². The Balaban J connectivity index is 1.69. The van der Waals surface area contributed by atoms with Gasteiger partial charge in [-0.1, -0.05) is 0 Å². The molecular formula is C13H13N9O2. The molecule has 0 bridgehead atoms. The topological polar surface area (TPSA) is 142 Å². The summed E-state index contributed by atoms with van der Waals surface area (Å²) in [5.41, 5.74) is 0.368. The Bertz CT molecular complexity index is 993. The SMILES string of the molecule is CC(Nc1ncnc2c1NC(=O)CN2)c1nnc2c(=O)[nH]ccn12. The molecule has 3 aromatic rings. The van der Waals surface area contributed by atoms with Gasteiger partial charge in [-0.15, -0.1) is 10.2 Å². The van der Waals surface area contributed by atoms with Crippen molar-refractivity contribution in [2.24, 2.45) is 0 Å². The zero-order chi connectivity index (χ0) is 16.7. The molecule has 0 spiro atoms. The van der Waals surface area contributed by atoms with Gasteiger partial charge in [0.2, 0.25) is 11.6 Å². The summed E-state index contributed by atoms with van der Waals surface area (Å²) >= 11 is 0. The molecule has 4 heterocycles. The van der Waals surface area contributed by atoms with E-state index in [1.165, 1.54) is 12.5 Å². The maximum absolute atomic E-state index is 11.7. The fourth-order valence-corrected chi connectivity index (χ4v) is 2.52. The van der Waals surface area contributed by atoms with E-state index in [0.717, 1.165) is 0 Å². The third-order valence-corrected chi connectivity index (χ3v) is 3.63. The van der Waals surface area contributed by atoms with Crippen molar-refractivity contribution in [3.8, 4) is 0 Å². The predicted molar refractivity (Wildman–Crippen MR) is 84.8 cm³/mol. The van der Waals surface area contributed by atoms with Gasteiger partial charge in [0.05, 0.1) is 12.6 Å². The number of H-pyrrole nitrogens is 1. The number of amides is 1. The molecule has 0 saturated carbocycles. The van der Waals surface area contributed by atoms with E-state index in [0.29, 0.717) is 23.1 Å². The summed E-state index contributed by atoms with van der Waals surface area (Å²) in [6.07, 6.45) is 4.58. The van der Waals surface area contributed by atoms with Crippen molar-refractivity contribution in [1.82, 2.24) is 29.5 Å². The molecule has 0 aliphatic carbocycles. The van der Waals surface area contributed by atoms with Crippen molar-refractivity contribution >= 4 is 28.9 Å². The van der Waals surface area contributed by atoms with Crippen LogP contribution in [-0.4, -0.2) is 42.0 Å². The van der Waals surface area contributed by atoms with Crippen LogP contribution in [0.5, 0.6) is 0 Å². The lowest BCUT2D eigenvalue weighted by Gasteiger charge is -2.21. The van der Waals surface area contributed by atoms with E-state index in [1.54, 1.807) is 10.6 Å². The largest absolute Gasteiger partial charge is 0.359 e. The fourth-order valence-electron chi connectivity index (χ4n) is 2.52. The van der Waals surface area contributed by atoms with Gasteiger partial charge >= 0.3 is 0 Å². The molecule has 1 aliphatic heterocycles. The highest BCUT2D eigenvalue weighted by Gasteiger charge is 2.22. The summed E-state index contributed by atoms with van der Waals surface area (Å²) in [7, 11) is 0. The predicted octanol–water partition coefficient (Wildman–Crippen LogP) is -0.255. The molecule has 24 heavy (non-hydrogen) atoms. The Labute approximate surface area is 134 Å². The van der Waals surface area contributed by atoms with Crippen molar-refractivity contribution in [2.75, 3.05) is 22.5 Å². The summed E-state index contributed by atoms with van der Waals surface area (Å²) in [6.45, 7) is 2.01. The highest BCUT2D eigenvalue weighted by atomic mass is 16.2. The summed E-state index contributed by atoms with van der Waals surface area (Å²) in [4.78, 5) is 34.1. The van der Waals surface area contributed by atoms with Gasteiger partial charge < -0.3 is 20.9 Å². The molecule has 0 radical (unpaired) electrons. The second-order valence-electron chi connectivity index (χ2n) is 5.25. The standard InChI is InChI=1S/C13H13N9O2/c1-6(11-20-21-12-13(24)14-2-3-22(11)12)18-10-8-9(16-5-17-10)15-4-7(23)19-8/h2-3,5-6H,4H2,1H3,(H,14,24)(H,19,23)(H2,15,16,17,18). The Morgan fingerprint density at radius 1 is 1.29 bits per heavy atom. The number of hydrogen-bond acceptors (Lipinski definition) is 8. The molecule has 4 N–H and O–H groups in total. The van der Waals surface area contributed by atoms with Crippen molar-refractivity contribution in [2.45, 2.75) is 13.0 Å². The van der Waals surface area contributed by atoms with Crippen LogP contribution in [0.1, 0.15) is 18.8 Å². The molecule has 122 valence electrons. The minimum atomic E-state index is -0.320. The van der Waals surface area contributed by atoms with E-state index in [1.807, 2.05) is 6.92 Å². The zero-order valence-electron chi connectivity index (χ0n) is 12.6. The lowest BCUT2D eigenvalue weighted by Crippen LogP contribution is -2.29.